The smallest absolute Gasteiger partial charge is 0.222 e. The Labute approximate surface area is 83.4 Å². The van der Waals surface area contributed by atoms with Crippen LogP contribution in [0.25, 0.3) is 0 Å². The summed E-state index contributed by atoms with van der Waals surface area (Å²) >= 11 is 5.74. The molecule has 70 valence electrons. The van der Waals surface area contributed by atoms with Crippen LogP contribution in [-0.2, 0) is 12.8 Å². The Kier molecular flexibility index (Phi) is 2.24. The fourth-order valence-electron chi connectivity index (χ4n) is 1.82. The number of hydrogen-bond acceptors (Lipinski definition) is 2. The molecule has 0 radical (unpaired) electrons. The summed E-state index contributed by atoms with van der Waals surface area (Å²) in [4.78, 5) is 8.26. The van der Waals surface area contributed by atoms with Crippen molar-refractivity contribution in [3.05, 3.63) is 22.7 Å². The molecule has 1 aromatic rings. The highest BCUT2D eigenvalue weighted by atomic mass is 35.5. The minimum atomic E-state index is 0.375. The van der Waals surface area contributed by atoms with E-state index in [1.165, 1.54) is 5.56 Å². The molecule has 2 nitrogen and oxygen atoms in total. The standard InChI is InChI=1S/C10H13ClN2/c1-6-3-8-5-12-10(11)13-9(8)4-7(6)2/h5-7H,3-4H2,1-2H3/t6-,7-/m0/s1. The molecular weight excluding hydrogens is 184 g/mol. The maximum absolute atomic E-state index is 5.74. The van der Waals surface area contributed by atoms with E-state index in [1.807, 2.05) is 6.20 Å². The largest absolute Gasteiger partial charge is 0.226 e. The summed E-state index contributed by atoms with van der Waals surface area (Å²) < 4.78 is 0. The Balaban J connectivity index is 2.37. The van der Waals surface area contributed by atoms with Crippen LogP contribution in [0.4, 0.5) is 0 Å². The number of hydrogen-bond donors (Lipinski definition) is 0. The van der Waals surface area contributed by atoms with Crippen LogP contribution in [0, 0.1) is 11.8 Å². The molecule has 0 fully saturated rings. The summed E-state index contributed by atoms with van der Waals surface area (Å²) in [6.45, 7) is 4.55. The average molecular weight is 197 g/mol. The molecule has 0 bridgehead atoms. The minimum Gasteiger partial charge on any atom is -0.226 e. The van der Waals surface area contributed by atoms with E-state index in [0.717, 1.165) is 24.5 Å². The maximum Gasteiger partial charge on any atom is 0.222 e. The molecule has 1 aliphatic rings. The fourth-order valence-corrected chi connectivity index (χ4v) is 1.97. The van der Waals surface area contributed by atoms with Crippen molar-refractivity contribution in [2.24, 2.45) is 11.8 Å². The van der Waals surface area contributed by atoms with E-state index in [0.29, 0.717) is 11.2 Å². The molecule has 0 spiro atoms. The fraction of sp³-hybridized carbons (Fsp3) is 0.600. The number of rotatable bonds is 0. The second-order valence-corrected chi connectivity index (χ2v) is 4.31. The van der Waals surface area contributed by atoms with Crippen LogP contribution in [-0.4, -0.2) is 9.97 Å². The highest BCUT2D eigenvalue weighted by Gasteiger charge is 2.23. The Morgan fingerprint density at radius 1 is 1.31 bits per heavy atom. The summed E-state index contributed by atoms with van der Waals surface area (Å²) in [5, 5.41) is 0.375. The second-order valence-electron chi connectivity index (χ2n) is 3.97. The molecule has 0 aliphatic heterocycles. The molecule has 0 aromatic carbocycles. The summed E-state index contributed by atoms with van der Waals surface area (Å²) in [5.41, 5.74) is 2.42. The van der Waals surface area contributed by atoms with Crippen LogP contribution in [0.2, 0.25) is 5.28 Å². The van der Waals surface area contributed by atoms with E-state index in [4.69, 9.17) is 11.6 Å². The van der Waals surface area contributed by atoms with Crippen molar-refractivity contribution in [2.45, 2.75) is 26.7 Å². The van der Waals surface area contributed by atoms with E-state index < -0.39 is 0 Å². The van der Waals surface area contributed by atoms with Gasteiger partial charge in [-0.15, -0.1) is 0 Å². The third-order valence-electron chi connectivity index (χ3n) is 2.95. The molecule has 2 rings (SSSR count). The third kappa shape index (κ3) is 1.68. The van der Waals surface area contributed by atoms with E-state index in [1.54, 1.807) is 0 Å². The van der Waals surface area contributed by atoms with E-state index >= 15 is 0 Å². The first kappa shape index (κ1) is 8.95. The van der Waals surface area contributed by atoms with Gasteiger partial charge in [-0.25, -0.2) is 9.97 Å². The quantitative estimate of drug-likeness (QED) is 0.596. The molecule has 0 N–H and O–H groups in total. The van der Waals surface area contributed by atoms with Gasteiger partial charge < -0.3 is 0 Å². The van der Waals surface area contributed by atoms with Crippen LogP contribution in [0.1, 0.15) is 25.1 Å². The topological polar surface area (TPSA) is 25.8 Å². The van der Waals surface area contributed by atoms with Crippen molar-refractivity contribution in [3.63, 3.8) is 0 Å². The lowest BCUT2D eigenvalue weighted by Crippen LogP contribution is -2.22. The van der Waals surface area contributed by atoms with Gasteiger partial charge in [0.05, 0.1) is 0 Å². The highest BCUT2D eigenvalue weighted by Crippen LogP contribution is 2.28. The van der Waals surface area contributed by atoms with Gasteiger partial charge in [-0.1, -0.05) is 13.8 Å². The zero-order valence-corrected chi connectivity index (χ0v) is 8.67. The van der Waals surface area contributed by atoms with Crippen LogP contribution >= 0.6 is 11.6 Å². The number of fused-ring (bicyclic) bond motifs is 1. The van der Waals surface area contributed by atoms with Gasteiger partial charge in [0.1, 0.15) is 0 Å². The summed E-state index contributed by atoms with van der Waals surface area (Å²) in [7, 11) is 0. The zero-order valence-electron chi connectivity index (χ0n) is 7.92. The lowest BCUT2D eigenvalue weighted by Gasteiger charge is -2.26. The molecule has 13 heavy (non-hydrogen) atoms. The molecular formula is C10H13ClN2. The lowest BCUT2D eigenvalue weighted by molar-refractivity contribution is 0.355. The Morgan fingerprint density at radius 2 is 2.00 bits per heavy atom. The van der Waals surface area contributed by atoms with Crippen molar-refractivity contribution in [1.29, 1.82) is 0 Å². The van der Waals surface area contributed by atoms with Crippen molar-refractivity contribution in [2.75, 3.05) is 0 Å². The van der Waals surface area contributed by atoms with Gasteiger partial charge in [-0.2, -0.15) is 0 Å². The van der Waals surface area contributed by atoms with Crippen LogP contribution in [0.3, 0.4) is 0 Å². The summed E-state index contributed by atoms with van der Waals surface area (Å²) in [5.74, 6) is 1.44. The van der Waals surface area contributed by atoms with E-state index in [-0.39, 0.29) is 0 Å². The number of aromatic nitrogens is 2. The Bertz CT molecular complexity index is 325. The van der Waals surface area contributed by atoms with Gasteiger partial charge in [0, 0.05) is 11.9 Å². The van der Waals surface area contributed by atoms with Gasteiger partial charge in [-0.05, 0) is 41.8 Å². The van der Waals surface area contributed by atoms with Gasteiger partial charge >= 0.3 is 0 Å². The van der Waals surface area contributed by atoms with Crippen molar-refractivity contribution < 1.29 is 0 Å². The molecule has 2 atom stereocenters. The van der Waals surface area contributed by atoms with Gasteiger partial charge in [-0.3, -0.25) is 0 Å². The SMILES string of the molecule is C[C@H]1Cc2cnc(Cl)nc2C[C@@H]1C. The molecule has 1 heterocycles. The summed E-state index contributed by atoms with van der Waals surface area (Å²) in [6, 6.07) is 0. The minimum absolute atomic E-state index is 0.375. The molecule has 1 aliphatic carbocycles. The van der Waals surface area contributed by atoms with E-state index in [2.05, 4.69) is 23.8 Å². The van der Waals surface area contributed by atoms with Gasteiger partial charge in [0.15, 0.2) is 0 Å². The molecule has 0 amide bonds. The zero-order chi connectivity index (χ0) is 9.42. The maximum atomic E-state index is 5.74. The monoisotopic (exact) mass is 196 g/mol. The summed E-state index contributed by atoms with van der Waals surface area (Å²) in [6.07, 6.45) is 4.00. The van der Waals surface area contributed by atoms with Crippen molar-refractivity contribution >= 4 is 11.6 Å². The van der Waals surface area contributed by atoms with Crippen LogP contribution < -0.4 is 0 Å². The number of halogens is 1. The predicted molar refractivity (Wildman–Crippen MR) is 52.8 cm³/mol. The van der Waals surface area contributed by atoms with Crippen molar-refractivity contribution in [1.82, 2.24) is 9.97 Å². The molecule has 0 saturated carbocycles. The second kappa shape index (κ2) is 3.26. The molecule has 0 unspecified atom stereocenters. The van der Waals surface area contributed by atoms with Gasteiger partial charge in [0.25, 0.3) is 0 Å². The highest BCUT2D eigenvalue weighted by molar-refractivity contribution is 6.28. The Morgan fingerprint density at radius 3 is 2.77 bits per heavy atom. The van der Waals surface area contributed by atoms with E-state index in [9.17, 15) is 0 Å². The normalized spacial score (nSPS) is 27.0. The Hall–Kier alpha value is -0.630. The first-order chi connectivity index (χ1) is 6.16. The first-order valence-electron chi connectivity index (χ1n) is 4.67. The van der Waals surface area contributed by atoms with Crippen LogP contribution in [0.5, 0.6) is 0 Å². The van der Waals surface area contributed by atoms with Gasteiger partial charge in [0.2, 0.25) is 5.28 Å². The first-order valence-corrected chi connectivity index (χ1v) is 5.05. The molecule has 3 heteroatoms. The number of nitrogens with zero attached hydrogens (tertiary/aromatic N) is 2. The van der Waals surface area contributed by atoms with Crippen molar-refractivity contribution in [3.8, 4) is 0 Å². The third-order valence-corrected chi connectivity index (χ3v) is 3.14. The average Bonchev–Trinajstić information content (AvgIpc) is 2.08. The predicted octanol–water partition coefficient (Wildman–Crippen LogP) is 2.50. The molecule has 0 saturated heterocycles. The lowest BCUT2D eigenvalue weighted by atomic mass is 9.80. The molecule has 1 aromatic heterocycles. The van der Waals surface area contributed by atoms with Crippen LogP contribution in [0.15, 0.2) is 6.20 Å².